The molecule has 0 aromatic heterocycles. The van der Waals surface area contributed by atoms with Crippen LogP contribution in [0.15, 0.2) is 36.4 Å². The molecule has 1 nitrogen and oxygen atoms in total. The normalized spacial score (nSPS) is 10.4. The molecule has 0 saturated heterocycles. The minimum absolute atomic E-state index is 1.01. The molecule has 0 unspecified atom stereocenters. The minimum atomic E-state index is 1.01. The fourth-order valence-electron chi connectivity index (χ4n) is 1.50. The molecule has 2 rings (SSSR count). The predicted octanol–water partition coefficient (Wildman–Crippen LogP) is 3.10. The third kappa shape index (κ3) is 1.58. The second-order valence-electron chi connectivity index (χ2n) is 3.45. The van der Waals surface area contributed by atoms with Gasteiger partial charge >= 0.3 is 0 Å². The van der Waals surface area contributed by atoms with Crippen LogP contribution in [0.1, 0.15) is 6.92 Å². The quantitative estimate of drug-likeness (QED) is 0.693. The van der Waals surface area contributed by atoms with Crippen LogP contribution in [0.3, 0.4) is 0 Å². The molecule has 0 amide bonds. The lowest BCUT2D eigenvalue weighted by atomic mass is 10.1. The summed E-state index contributed by atoms with van der Waals surface area (Å²) in [6.07, 6.45) is 0. The van der Waals surface area contributed by atoms with Gasteiger partial charge in [0.25, 0.3) is 0 Å². The summed E-state index contributed by atoms with van der Waals surface area (Å²) in [5.41, 5.74) is 1.16. The molecule has 0 atom stereocenters. The first-order valence-corrected chi connectivity index (χ1v) is 4.93. The van der Waals surface area contributed by atoms with Gasteiger partial charge < -0.3 is 4.90 Å². The van der Waals surface area contributed by atoms with Crippen LogP contribution in [0.5, 0.6) is 0 Å². The summed E-state index contributed by atoms with van der Waals surface area (Å²) < 4.78 is 0. The van der Waals surface area contributed by atoms with Gasteiger partial charge in [0.15, 0.2) is 0 Å². The maximum atomic E-state index is 3.40. The fourth-order valence-corrected chi connectivity index (χ4v) is 1.50. The number of rotatable bonds is 2. The number of anilines is 1. The Morgan fingerprint density at radius 2 is 1.93 bits per heavy atom. The highest BCUT2D eigenvalue weighted by atomic mass is 15.1. The van der Waals surface area contributed by atoms with Crippen molar-refractivity contribution in [1.29, 1.82) is 0 Å². The van der Waals surface area contributed by atoms with Crippen molar-refractivity contribution in [2.45, 2.75) is 6.92 Å². The second-order valence-corrected chi connectivity index (χ2v) is 3.45. The van der Waals surface area contributed by atoms with E-state index in [0.29, 0.717) is 0 Å². The molecule has 71 valence electrons. The molecule has 0 N–H and O–H groups in total. The van der Waals surface area contributed by atoms with Crippen molar-refractivity contribution in [3.63, 3.8) is 0 Å². The Morgan fingerprint density at radius 3 is 2.71 bits per heavy atom. The molecule has 0 heterocycles. The highest BCUT2D eigenvalue weighted by Crippen LogP contribution is 2.19. The Balaban J connectivity index is 2.51. The molecule has 0 aliphatic heterocycles. The zero-order valence-electron chi connectivity index (χ0n) is 8.62. The van der Waals surface area contributed by atoms with E-state index in [1.807, 2.05) is 0 Å². The van der Waals surface area contributed by atoms with E-state index in [0.717, 1.165) is 12.2 Å². The van der Waals surface area contributed by atoms with Crippen LogP contribution in [-0.2, 0) is 0 Å². The Bertz CT molecular complexity index is 434. The highest BCUT2D eigenvalue weighted by molar-refractivity contribution is 5.85. The van der Waals surface area contributed by atoms with E-state index in [1.165, 1.54) is 10.8 Å². The molecular formula is C13H14N. The number of hydrogen-bond acceptors (Lipinski definition) is 1. The van der Waals surface area contributed by atoms with Crippen molar-refractivity contribution in [3.05, 3.63) is 42.5 Å². The van der Waals surface area contributed by atoms with Crippen molar-refractivity contribution in [3.8, 4) is 0 Å². The minimum Gasteiger partial charge on any atom is -0.374 e. The SMILES string of the molecule is CCN(C)c1[c]c2ccccc2cc1. The van der Waals surface area contributed by atoms with Crippen molar-refractivity contribution in [2.75, 3.05) is 18.5 Å². The average molecular weight is 184 g/mol. The molecule has 2 aromatic rings. The van der Waals surface area contributed by atoms with Gasteiger partial charge in [-0.05, 0) is 23.8 Å². The standard InChI is InChI=1S/C13H14N/c1-3-14(2)13-9-8-11-6-4-5-7-12(11)10-13/h4-9H,3H2,1-2H3. The maximum absolute atomic E-state index is 3.40. The van der Waals surface area contributed by atoms with Crippen LogP contribution in [-0.4, -0.2) is 13.6 Å². The van der Waals surface area contributed by atoms with Gasteiger partial charge in [0.2, 0.25) is 0 Å². The molecule has 1 heteroatoms. The summed E-state index contributed by atoms with van der Waals surface area (Å²) in [6, 6.07) is 16.0. The molecule has 0 aliphatic rings. The Hall–Kier alpha value is -1.50. The number of benzene rings is 2. The summed E-state index contributed by atoms with van der Waals surface area (Å²) >= 11 is 0. The summed E-state index contributed by atoms with van der Waals surface area (Å²) in [5, 5.41) is 2.44. The predicted molar refractivity (Wildman–Crippen MR) is 61.7 cm³/mol. The van der Waals surface area contributed by atoms with Crippen molar-refractivity contribution in [2.24, 2.45) is 0 Å². The first-order chi connectivity index (χ1) is 6.81. The van der Waals surface area contributed by atoms with E-state index in [4.69, 9.17) is 0 Å². The van der Waals surface area contributed by atoms with Gasteiger partial charge in [-0.2, -0.15) is 0 Å². The summed E-state index contributed by atoms with van der Waals surface area (Å²) in [4.78, 5) is 2.19. The van der Waals surface area contributed by atoms with Gasteiger partial charge in [0.1, 0.15) is 0 Å². The lowest BCUT2D eigenvalue weighted by Crippen LogP contribution is -2.15. The lowest BCUT2D eigenvalue weighted by molar-refractivity contribution is 0.969. The molecule has 0 fully saturated rings. The van der Waals surface area contributed by atoms with Gasteiger partial charge in [-0.1, -0.05) is 30.3 Å². The van der Waals surface area contributed by atoms with Crippen LogP contribution < -0.4 is 4.90 Å². The van der Waals surface area contributed by atoms with Crippen LogP contribution in [0, 0.1) is 6.07 Å². The molecule has 0 aliphatic carbocycles. The largest absolute Gasteiger partial charge is 0.374 e. The molecule has 2 aromatic carbocycles. The Labute approximate surface area is 85.0 Å². The molecule has 0 bridgehead atoms. The number of nitrogens with zero attached hydrogens (tertiary/aromatic N) is 1. The van der Waals surface area contributed by atoms with E-state index in [1.54, 1.807) is 0 Å². The van der Waals surface area contributed by atoms with Crippen LogP contribution in [0.2, 0.25) is 0 Å². The molecule has 1 radical (unpaired) electrons. The molecule has 0 spiro atoms. The zero-order chi connectivity index (χ0) is 9.97. The molecule has 14 heavy (non-hydrogen) atoms. The maximum Gasteiger partial charge on any atom is 0.0450 e. The van der Waals surface area contributed by atoms with Gasteiger partial charge in [-0.25, -0.2) is 0 Å². The first kappa shape index (κ1) is 9.07. The zero-order valence-corrected chi connectivity index (χ0v) is 8.62. The monoisotopic (exact) mass is 184 g/mol. The van der Waals surface area contributed by atoms with Gasteiger partial charge in [-0.15, -0.1) is 0 Å². The van der Waals surface area contributed by atoms with Gasteiger partial charge in [0, 0.05) is 25.3 Å². The Morgan fingerprint density at radius 1 is 1.14 bits per heavy atom. The smallest absolute Gasteiger partial charge is 0.0450 e. The average Bonchev–Trinajstić information content (AvgIpc) is 2.27. The summed E-state index contributed by atoms with van der Waals surface area (Å²) in [7, 11) is 2.08. The van der Waals surface area contributed by atoms with E-state index >= 15 is 0 Å². The third-order valence-corrected chi connectivity index (χ3v) is 2.53. The number of hydrogen-bond donors (Lipinski definition) is 0. The third-order valence-electron chi connectivity index (χ3n) is 2.53. The van der Waals surface area contributed by atoms with Crippen LogP contribution in [0.25, 0.3) is 10.8 Å². The molecule has 0 saturated carbocycles. The van der Waals surface area contributed by atoms with E-state index < -0.39 is 0 Å². The second kappa shape index (κ2) is 3.70. The van der Waals surface area contributed by atoms with E-state index in [-0.39, 0.29) is 0 Å². The topological polar surface area (TPSA) is 3.24 Å². The first-order valence-electron chi connectivity index (χ1n) is 4.93. The van der Waals surface area contributed by atoms with Crippen molar-refractivity contribution in [1.82, 2.24) is 0 Å². The highest BCUT2D eigenvalue weighted by Gasteiger charge is 1.99. The van der Waals surface area contributed by atoms with Crippen molar-refractivity contribution < 1.29 is 0 Å². The van der Waals surface area contributed by atoms with E-state index in [2.05, 4.69) is 61.3 Å². The molecular weight excluding hydrogens is 170 g/mol. The van der Waals surface area contributed by atoms with Gasteiger partial charge in [-0.3, -0.25) is 0 Å². The van der Waals surface area contributed by atoms with Crippen LogP contribution in [0.4, 0.5) is 5.69 Å². The van der Waals surface area contributed by atoms with Crippen molar-refractivity contribution >= 4 is 16.5 Å². The van der Waals surface area contributed by atoms with Crippen LogP contribution >= 0.6 is 0 Å². The summed E-state index contributed by atoms with van der Waals surface area (Å²) in [5.74, 6) is 0. The number of fused-ring (bicyclic) bond motifs is 1. The Kier molecular flexibility index (Phi) is 2.40. The van der Waals surface area contributed by atoms with Gasteiger partial charge in [0.05, 0.1) is 0 Å². The summed E-state index contributed by atoms with van der Waals surface area (Å²) in [6.45, 7) is 3.15. The van der Waals surface area contributed by atoms with E-state index in [9.17, 15) is 0 Å². The fraction of sp³-hybridized carbons (Fsp3) is 0.231. The lowest BCUT2D eigenvalue weighted by Gasteiger charge is -2.16.